The molecule has 0 aliphatic carbocycles. The number of hydrogen-bond donors (Lipinski definition) is 5. The average Bonchev–Trinajstić information content (AvgIpc) is 3.30. The van der Waals surface area contributed by atoms with E-state index in [0.29, 0.717) is 9.24 Å². The molecule has 0 radical (unpaired) electrons. The van der Waals surface area contributed by atoms with Crippen LogP contribution in [0.3, 0.4) is 0 Å². The third kappa shape index (κ3) is 3.96. The standard InChI is InChI=1S/C14H11ClN8O5S4/c15-7-3(19-12(16)31-7)4(22-28)8(24)18-5-9(25)23-6(11(26)27)2(1-29-10(5)23)30-14-21-20-13(17)32-14/h5,10,28H,1H2,(H2,16,19)(H2,17,20)(H,18,24)(H,26,27)/b22-4+/t5-,10?/m1/s1. The number of amides is 2. The van der Waals surface area contributed by atoms with Gasteiger partial charge < -0.3 is 27.1 Å². The highest BCUT2D eigenvalue weighted by atomic mass is 35.5. The van der Waals surface area contributed by atoms with E-state index < -0.39 is 34.9 Å². The summed E-state index contributed by atoms with van der Waals surface area (Å²) in [5, 5.41) is 31.5. The van der Waals surface area contributed by atoms with Crippen LogP contribution in [-0.4, -0.2) is 71.1 Å². The number of carbonyl (C=O) groups excluding carboxylic acids is 2. The minimum atomic E-state index is -1.30. The number of nitrogens with one attached hydrogen (secondary N) is 1. The molecule has 168 valence electrons. The van der Waals surface area contributed by atoms with E-state index in [4.69, 9.17) is 23.1 Å². The number of carboxylic acid groups (broad SMARTS) is 1. The number of carboxylic acids is 1. The molecule has 0 saturated carbocycles. The number of nitrogens with zero attached hydrogens (tertiary/aromatic N) is 5. The Kier molecular flexibility index (Phi) is 6.17. The van der Waals surface area contributed by atoms with Crippen molar-refractivity contribution in [3.8, 4) is 0 Å². The quantitative estimate of drug-likeness (QED) is 0.148. The van der Waals surface area contributed by atoms with Crippen LogP contribution >= 0.6 is 57.8 Å². The van der Waals surface area contributed by atoms with Gasteiger partial charge in [0.15, 0.2) is 15.2 Å². The van der Waals surface area contributed by atoms with Crippen molar-refractivity contribution in [3.63, 3.8) is 0 Å². The topological polar surface area (TPSA) is 210 Å². The first kappa shape index (κ1) is 22.6. The summed E-state index contributed by atoms with van der Waals surface area (Å²) in [7, 11) is 0. The molecule has 0 aromatic carbocycles. The molecule has 1 saturated heterocycles. The molecule has 4 heterocycles. The first-order valence-corrected chi connectivity index (χ1v) is 12.2. The van der Waals surface area contributed by atoms with Crippen LogP contribution in [0.25, 0.3) is 0 Å². The highest BCUT2D eigenvalue weighted by molar-refractivity contribution is 8.07. The Morgan fingerprint density at radius 3 is 2.59 bits per heavy atom. The van der Waals surface area contributed by atoms with E-state index in [1.807, 2.05) is 0 Å². The number of oxime groups is 1. The number of nitrogen functional groups attached to an aromatic ring is 2. The van der Waals surface area contributed by atoms with Gasteiger partial charge >= 0.3 is 5.97 Å². The molecule has 7 N–H and O–H groups in total. The molecule has 32 heavy (non-hydrogen) atoms. The zero-order chi connectivity index (χ0) is 23.2. The normalized spacial score (nSPS) is 20.7. The monoisotopic (exact) mass is 534 g/mol. The summed E-state index contributed by atoms with van der Waals surface area (Å²) in [5.41, 5.74) is 10.3. The Bertz CT molecular complexity index is 1200. The maximum absolute atomic E-state index is 12.8. The lowest BCUT2D eigenvalue weighted by Crippen LogP contribution is -2.71. The summed E-state index contributed by atoms with van der Waals surface area (Å²) in [4.78, 5) is 42.6. The molecule has 4 rings (SSSR count). The lowest BCUT2D eigenvalue weighted by Gasteiger charge is -2.49. The molecule has 2 atom stereocenters. The van der Waals surface area contributed by atoms with Crippen molar-refractivity contribution in [1.29, 1.82) is 0 Å². The van der Waals surface area contributed by atoms with Gasteiger partial charge in [0, 0.05) is 10.7 Å². The second-order valence-corrected chi connectivity index (χ2v) is 11.2. The molecule has 0 spiro atoms. The number of thiazole rings is 1. The Labute approximate surface area is 199 Å². The number of nitrogens with two attached hydrogens (primary N) is 2. The predicted octanol–water partition coefficient (Wildman–Crippen LogP) is 0.479. The second-order valence-electron chi connectivity index (χ2n) is 6.07. The van der Waals surface area contributed by atoms with Gasteiger partial charge in [-0.1, -0.05) is 51.2 Å². The van der Waals surface area contributed by atoms with Crippen molar-refractivity contribution < 1.29 is 24.7 Å². The Morgan fingerprint density at radius 2 is 2.03 bits per heavy atom. The molecule has 2 aliphatic heterocycles. The van der Waals surface area contributed by atoms with E-state index in [1.165, 1.54) is 11.8 Å². The van der Waals surface area contributed by atoms with Gasteiger partial charge in [-0.15, -0.1) is 22.0 Å². The van der Waals surface area contributed by atoms with E-state index in [-0.39, 0.29) is 31.7 Å². The Hall–Kier alpha value is -2.60. The van der Waals surface area contributed by atoms with E-state index >= 15 is 0 Å². The van der Waals surface area contributed by atoms with Crippen LogP contribution in [0.4, 0.5) is 10.3 Å². The first-order chi connectivity index (χ1) is 15.2. The largest absolute Gasteiger partial charge is 0.477 e. The van der Waals surface area contributed by atoms with Crippen LogP contribution in [0.1, 0.15) is 5.69 Å². The van der Waals surface area contributed by atoms with Crippen molar-refractivity contribution in [1.82, 2.24) is 25.4 Å². The van der Waals surface area contributed by atoms with Gasteiger partial charge in [-0.2, -0.15) is 0 Å². The molecule has 2 aliphatic rings. The third-order valence-corrected chi connectivity index (χ3v) is 8.63. The number of aliphatic carboxylic acids is 1. The maximum atomic E-state index is 12.8. The van der Waals surface area contributed by atoms with E-state index in [0.717, 1.165) is 39.3 Å². The number of thioether (sulfide) groups is 2. The highest BCUT2D eigenvalue weighted by Crippen LogP contribution is 2.45. The van der Waals surface area contributed by atoms with Crippen LogP contribution in [-0.2, 0) is 14.4 Å². The fourth-order valence-corrected chi connectivity index (χ4v) is 7.11. The van der Waals surface area contributed by atoms with Crippen LogP contribution in [0.15, 0.2) is 20.1 Å². The highest BCUT2D eigenvalue weighted by Gasteiger charge is 2.54. The number of hydrogen-bond acceptors (Lipinski definition) is 14. The molecular formula is C14H11ClN8O5S4. The summed E-state index contributed by atoms with van der Waals surface area (Å²) in [6.07, 6.45) is 0. The lowest BCUT2D eigenvalue weighted by atomic mass is 10.0. The molecule has 2 amide bonds. The van der Waals surface area contributed by atoms with E-state index in [9.17, 15) is 24.7 Å². The van der Waals surface area contributed by atoms with Crippen molar-refractivity contribution in [2.75, 3.05) is 17.2 Å². The summed E-state index contributed by atoms with van der Waals surface area (Å²) in [5.74, 6) is -2.59. The number of halogens is 1. The number of aromatic nitrogens is 3. The van der Waals surface area contributed by atoms with Crippen LogP contribution in [0.5, 0.6) is 0 Å². The number of fused-ring (bicyclic) bond motifs is 1. The van der Waals surface area contributed by atoms with Crippen LogP contribution < -0.4 is 16.8 Å². The van der Waals surface area contributed by atoms with Gasteiger partial charge in [-0.05, 0) is 0 Å². The molecule has 2 aromatic rings. The minimum absolute atomic E-state index is 0.0362. The van der Waals surface area contributed by atoms with Gasteiger partial charge in [0.2, 0.25) is 5.13 Å². The Balaban J connectivity index is 1.53. The van der Waals surface area contributed by atoms with Crippen molar-refractivity contribution in [2.45, 2.75) is 15.8 Å². The number of rotatable bonds is 6. The molecule has 2 aromatic heterocycles. The van der Waals surface area contributed by atoms with Gasteiger partial charge in [-0.3, -0.25) is 14.5 Å². The van der Waals surface area contributed by atoms with Crippen LogP contribution in [0.2, 0.25) is 4.34 Å². The minimum Gasteiger partial charge on any atom is -0.477 e. The average molecular weight is 535 g/mol. The SMILES string of the molecule is Nc1nnc(SC2=C(C(=O)O)N3C(=O)[C@@H](NC(=O)/C(=N/O)c4nc(N)sc4Cl)C3SC2)s1. The van der Waals surface area contributed by atoms with Crippen molar-refractivity contribution in [3.05, 3.63) is 20.6 Å². The van der Waals surface area contributed by atoms with Crippen molar-refractivity contribution in [2.24, 2.45) is 5.16 Å². The van der Waals surface area contributed by atoms with Crippen LogP contribution in [0, 0.1) is 0 Å². The summed E-state index contributed by atoms with van der Waals surface area (Å²) in [6.45, 7) is 0. The van der Waals surface area contributed by atoms with Gasteiger partial charge in [0.05, 0.1) is 0 Å². The smallest absolute Gasteiger partial charge is 0.353 e. The zero-order valence-electron chi connectivity index (χ0n) is 15.4. The fourth-order valence-electron chi connectivity index (χ4n) is 2.91. The molecule has 18 heteroatoms. The summed E-state index contributed by atoms with van der Waals surface area (Å²) < 4.78 is 0.477. The fraction of sp³-hybridized carbons (Fsp3) is 0.214. The molecular weight excluding hydrogens is 524 g/mol. The number of β-lactam (4-membered cyclic amide) rings is 1. The predicted molar refractivity (Wildman–Crippen MR) is 120 cm³/mol. The number of anilines is 2. The summed E-state index contributed by atoms with van der Waals surface area (Å²) in [6, 6.07) is -1.04. The molecule has 0 bridgehead atoms. The first-order valence-electron chi connectivity index (χ1n) is 8.34. The van der Waals surface area contributed by atoms with Gasteiger partial charge in [-0.25, -0.2) is 9.78 Å². The third-order valence-electron chi connectivity index (χ3n) is 4.20. The zero-order valence-corrected chi connectivity index (χ0v) is 19.4. The molecule has 1 fully saturated rings. The molecule has 13 nitrogen and oxygen atoms in total. The van der Waals surface area contributed by atoms with E-state index in [2.05, 4.69) is 25.7 Å². The Morgan fingerprint density at radius 1 is 1.28 bits per heavy atom. The second kappa shape index (κ2) is 8.74. The molecule has 1 unspecified atom stereocenters. The lowest BCUT2D eigenvalue weighted by molar-refractivity contribution is -0.150. The van der Waals surface area contributed by atoms with E-state index in [1.54, 1.807) is 0 Å². The van der Waals surface area contributed by atoms with Gasteiger partial charge in [0.1, 0.15) is 27.1 Å². The number of carbonyl (C=O) groups is 3. The maximum Gasteiger partial charge on any atom is 0.353 e. The van der Waals surface area contributed by atoms with Crippen molar-refractivity contribution >= 4 is 91.6 Å². The summed E-state index contributed by atoms with van der Waals surface area (Å²) >= 11 is 10.3. The van der Waals surface area contributed by atoms with Gasteiger partial charge in [0.25, 0.3) is 11.8 Å².